The number of hydrogen-bond acceptors (Lipinski definition) is 9. The van der Waals surface area contributed by atoms with Crippen molar-refractivity contribution in [3.05, 3.63) is 72.6 Å². The Kier molecular flexibility index (Phi) is 5.45. The smallest absolute Gasteiger partial charge is 0.160 e. The first-order chi connectivity index (χ1) is 17.5. The van der Waals surface area contributed by atoms with E-state index >= 15 is 4.39 Å². The number of aromatic nitrogens is 7. The summed E-state index contributed by atoms with van der Waals surface area (Å²) in [7, 11) is 0. The lowest BCUT2D eigenvalue weighted by Gasteiger charge is -2.20. The van der Waals surface area contributed by atoms with Gasteiger partial charge in [-0.05, 0) is 44.0 Å². The van der Waals surface area contributed by atoms with E-state index in [1.807, 2.05) is 0 Å². The molecule has 0 saturated heterocycles. The molecule has 0 fully saturated rings. The first-order valence-corrected chi connectivity index (χ1v) is 11.5. The van der Waals surface area contributed by atoms with E-state index in [9.17, 15) is 0 Å². The molecule has 36 heavy (non-hydrogen) atoms. The molecule has 4 aromatic heterocycles. The number of pyridine rings is 1. The van der Waals surface area contributed by atoms with E-state index in [4.69, 9.17) is 9.72 Å². The highest BCUT2D eigenvalue weighted by molar-refractivity contribution is 5.87. The van der Waals surface area contributed by atoms with E-state index in [0.717, 1.165) is 18.5 Å². The van der Waals surface area contributed by atoms with Crippen molar-refractivity contribution in [1.29, 1.82) is 0 Å². The first kappa shape index (κ1) is 22.0. The number of nitrogens with one attached hydrogen (secondary N) is 2. The molecule has 180 valence electrons. The van der Waals surface area contributed by atoms with Crippen molar-refractivity contribution in [3.8, 4) is 11.5 Å². The number of hydrogen-bond donors (Lipinski definition) is 2. The van der Waals surface area contributed by atoms with Gasteiger partial charge < -0.3 is 15.4 Å². The van der Waals surface area contributed by atoms with E-state index in [1.54, 1.807) is 48.1 Å². The molecule has 1 aliphatic heterocycles. The largest absolute Gasteiger partial charge is 0.457 e. The van der Waals surface area contributed by atoms with E-state index in [0.29, 0.717) is 51.4 Å². The van der Waals surface area contributed by atoms with Gasteiger partial charge in [0.25, 0.3) is 0 Å². The van der Waals surface area contributed by atoms with Crippen LogP contribution in [0.3, 0.4) is 0 Å². The molecular weight excluding hydrogens is 461 g/mol. The van der Waals surface area contributed by atoms with Crippen LogP contribution in [-0.2, 0) is 0 Å². The maximum Gasteiger partial charge on any atom is 0.160 e. The third-order valence-corrected chi connectivity index (χ3v) is 6.08. The Hall–Kier alpha value is -4.51. The molecule has 6 rings (SSSR count). The van der Waals surface area contributed by atoms with Gasteiger partial charge in [0.05, 0.1) is 11.9 Å². The lowest BCUT2D eigenvalue weighted by Crippen LogP contribution is -2.30. The second-order valence-electron chi connectivity index (χ2n) is 8.60. The second-order valence-corrected chi connectivity index (χ2v) is 8.60. The van der Waals surface area contributed by atoms with Gasteiger partial charge in [-0.3, -0.25) is 0 Å². The quantitative estimate of drug-likeness (QED) is 0.379. The Morgan fingerprint density at radius 3 is 2.94 bits per heavy atom. The molecule has 1 atom stereocenters. The van der Waals surface area contributed by atoms with Crippen molar-refractivity contribution in [3.63, 3.8) is 0 Å². The number of ether oxygens (including phenoxy) is 1. The molecule has 0 saturated carbocycles. The number of benzene rings is 1. The monoisotopic (exact) mass is 483 g/mol. The van der Waals surface area contributed by atoms with Crippen LogP contribution in [0.5, 0.6) is 11.5 Å². The van der Waals surface area contributed by atoms with Crippen molar-refractivity contribution in [2.24, 2.45) is 0 Å². The number of anilines is 2. The topological polar surface area (TPSA) is 115 Å². The SMILES string of the molecule is Cc1c(Oc2ccn3ncnc3c2)ccc(Nc2ncnc3cnc(C4=CCN[C@H](C)C4)nc23)c1F. The zero-order chi connectivity index (χ0) is 24.6. The summed E-state index contributed by atoms with van der Waals surface area (Å²) in [4.78, 5) is 22.0. The molecule has 0 amide bonds. The molecular formula is C25H22FN9O. The molecule has 1 aromatic carbocycles. The van der Waals surface area contributed by atoms with Crippen molar-refractivity contribution in [2.75, 3.05) is 11.9 Å². The van der Waals surface area contributed by atoms with Crippen LogP contribution < -0.4 is 15.4 Å². The maximum absolute atomic E-state index is 15.4. The van der Waals surface area contributed by atoms with Crippen LogP contribution in [0.2, 0.25) is 0 Å². The number of rotatable bonds is 5. The second kappa shape index (κ2) is 8.93. The Balaban J connectivity index is 1.30. The fraction of sp³-hybridized carbons (Fsp3) is 0.200. The highest BCUT2D eigenvalue weighted by atomic mass is 19.1. The third kappa shape index (κ3) is 4.09. The molecule has 0 bridgehead atoms. The Bertz CT molecular complexity index is 1630. The highest BCUT2D eigenvalue weighted by Crippen LogP contribution is 2.33. The summed E-state index contributed by atoms with van der Waals surface area (Å²) >= 11 is 0. The molecule has 1 aliphatic rings. The summed E-state index contributed by atoms with van der Waals surface area (Å²) in [5, 5.41) is 10.5. The lowest BCUT2D eigenvalue weighted by atomic mass is 10.0. The van der Waals surface area contributed by atoms with Gasteiger partial charge in [-0.25, -0.2) is 33.8 Å². The standard InChI is InChI=1S/C25H22FN9O/c1-14-9-16(5-7-27-14)24-28-11-19-23(34-24)25(31-12-29-19)33-18-3-4-20(15(2)22(18)26)36-17-6-8-35-21(10-17)30-13-32-35/h3-6,8,10-14,27H,7,9H2,1-2H3,(H,29,31,33)/t14-/m1/s1. The molecule has 0 radical (unpaired) electrons. The number of halogens is 1. The molecule has 0 unspecified atom stereocenters. The van der Waals surface area contributed by atoms with Gasteiger partial charge in [0.15, 0.2) is 23.1 Å². The van der Waals surface area contributed by atoms with Crippen LogP contribution in [0.1, 0.15) is 24.7 Å². The summed E-state index contributed by atoms with van der Waals surface area (Å²) in [6.45, 7) is 4.55. The minimum absolute atomic E-state index is 0.252. The minimum Gasteiger partial charge on any atom is -0.457 e. The van der Waals surface area contributed by atoms with Gasteiger partial charge in [0, 0.05) is 30.4 Å². The zero-order valence-electron chi connectivity index (χ0n) is 19.6. The van der Waals surface area contributed by atoms with E-state index in [-0.39, 0.29) is 5.69 Å². The van der Waals surface area contributed by atoms with E-state index in [1.165, 1.54) is 12.7 Å². The molecule has 10 nitrogen and oxygen atoms in total. The van der Waals surface area contributed by atoms with Gasteiger partial charge in [-0.2, -0.15) is 5.10 Å². The molecule has 5 aromatic rings. The molecule has 2 N–H and O–H groups in total. The van der Waals surface area contributed by atoms with Gasteiger partial charge in [0.2, 0.25) is 0 Å². The average molecular weight is 484 g/mol. The maximum atomic E-state index is 15.4. The summed E-state index contributed by atoms with van der Waals surface area (Å²) in [6, 6.07) is 7.14. The van der Waals surface area contributed by atoms with Gasteiger partial charge >= 0.3 is 0 Å². The van der Waals surface area contributed by atoms with Gasteiger partial charge in [0.1, 0.15) is 35.2 Å². The number of fused-ring (bicyclic) bond motifs is 2. The van der Waals surface area contributed by atoms with Crippen LogP contribution in [0.25, 0.3) is 22.3 Å². The van der Waals surface area contributed by atoms with E-state index in [2.05, 4.69) is 48.7 Å². The molecule has 0 spiro atoms. The van der Waals surface area contributed by atoms with Crippen molar-refractivity contribution in [2.45, 2.75) is 26.3 Å². The molecule has 0 aliphatic carbocycles. The predicted octanol–water partition coefficient (Wildman–Crippen LogP) is 4.21. The summed E-state index contributed by atoms with van der Waals surface area (Å²) < 4.78 is 23.0. The fourth-order valence-corrected chi connectivity index (χ4v) is 4.14. The summed E-state index contributed by atoms with van der Waals surface area (Å²) in [5.74, 6) is 1.50. The molecule has 11 heteroatoms. The minimum atomic E-state index is -0.452. The highest BCUT2D eigenvalue weighted by Gasteiger charge is 2.18. The summed E-state index contributed by atoms with van der Waals surface area (Å²) in [5.41, 5.74) is 3.39. The average Bonchev–Trinajstić information content (AvgIpc) is 3.36. The van der Waals surface area contributed by atoms with Crippen molar-refractivity contribution < 1.29 is 9.13 Å². The van der Waals surface area contributed by atoms with Crippen LogP contribution in [0.15, 0.2) is 55.4 Å². The Morgan fingerprint density at radius 2 is 2.06 bits per heavy atom. The molecule has 5 heterocycles. The summed E-state index contributed by atoms with van der Waals surface area (Å²) in [6.07, 6.45) is 9.17. The zero-order valence-corrected chi connectivity index (χ0v) is 19.6. The van der Waals surface area contributed by atoms with Crippen molar-refractivity contribution >= 4 is 33.8 Å². The van der Waals surface area contributed by atoms with E-state index < -0.39 is 5.82 Å². The fourth-order valence-electron chi connectivity index (χ4n) is 4.14. The Labute approximate surface area is 205 Å². The van der Waals surface area contributed by atoms with Crippen LogP contribution in [0.4, 0.5) is 15.9 Å². The normalized spacial score (nSPS) is 15.8. The van der Waals surface area contributed by atoms with Gasteiger partial charge in [-0.1, -0.05) is 6.08 Å². The first-order valence-electron chi connectivity index (χ1n) is 11.5. The third-order valence-electron chi connectivity index (χ3n) is 6.08. The van der Waals surface area contributed by atoms with Gasteiger partial charge in [-0.15, -0.1) is 0 Å². The predicted molar refractivity (Wildman–Crippen MR) is 133 cm³/mol. The van der Waals surface area contributed by atoms with Crippen LogP contribution in [-0.4, -0.2) is 47.1 Å². The number of nitrogens with zero attached hydrogens (tertiary/aromatic N) is 7. The van der Waals surface area contributed by atoms with Crippen LogP contribution >= 0.6 is 0 Å². The lowest BCUT2D eigenvalue weighted by molar-refractivity contribution is 0.471. The van der Waals surface area contributed by atoms with Crippen molar-refractivity contribution in [1.82, 2.24) is 39.9 Å². The Morgan fingerprint density at radius 1 is 1.14 bits per heavy atom. The van der Waals surface area contributed by atoms with Crippen LogP contribution in [0, 0.1) is 12.7 Å².